The van der Waals surface area contributed by atoms with Gasteiger partial charge in [0.15, 0.2) is 0 Å². The van der Waals surface area contributed by atoms with Crippen LogP contribution in [-0.4, -0.2) is 19.4 Å². The zero-order valence-corrected chi connectivity index (χ0v) is 11.7. The summed E-state index contributed by atoms with van der Waals surface area (Å²) < 4.78 is 49.9. The van der Waals surface area contributed by atoms with E-state index >= 15 is 0 Å². The third-order valence-corrected chi connectivity index (χ3v) is 3.87. The molecule has 0 atom stereocenters. The normalized spacial score (nSPS) is 11.2. The Morgan fingerprint density at radius 2 is 1.82 bits per heavy atom. The molecule has 2 rings (SSSR count). The SMILES string of the molecule is O=C(NNS(=O)(=O)c1ccc(F)cc1F)c1cccc(O)c1. The average molecular weight is 328 g/mol. The monoisotopic (exact) mass is 328 g/mol. The van der Waals surface area contributed by atoms with Gasteiger partial charge in [0.05, 0.1) is 0 Å². The second kappa shape index (κ2) is 6.08. The van der Waals surface area contributed by atoms with Crippen LogP contribution < -0.4 is 10.3 Å². The van der Waals surface area contributed by atoms with Crippen LogP contribution in [0.3, 0.4) is 0 Å². The predicted octanol–water partition coefficient (Wildman–Crippen LogP) is 1.29. The number of carbonyl (C=O) groups is 1. The van der Waals surface area contributed by atoms with Crippen LogP contribution >= 0.6 is 0 Å². The molecule has 116 valence electrons. The van der Waals surface area contributed by atoms with Crippen LogP contribution in [0.4, 0.5) is 8.78 Å². The molecule has 0 unspecified atom stereocenters. The third kappa shape index (κ3) is 3.57. The minimum atomic E-state index is -4.41. The second-order valence-electron chi connectivity index (χ2n) is 4.18. The summed E-state index contributed by atoms with van der Waals surface area (Å²) >= 11 is 0. The van der Waals surface area contributed by atoms with Crippen molar-refractivity contribution in [3.63, 3.8) is 0 Å². The number of hydrazine groups is 1. The molecule has 2 aromatic rings. The van der Waals surface area contributed by atoms with E-state index in [2.05, 4.69) is 0 Å². The molecule has 6 nitrogen and oxygen atoms in total. The summed E-state index contributed by atoms with van der Waals surface area (Å²) in [5.74, 6) is -3.26. The van der Waals surface area contributed by atoms with Gasteiger partial charge in [0.1, 0.15) is 22.3 Å². The highest BCUT2D eigenvalue weighted by Gasteiger charge is 2.20. The van der Waals surface area contributed by atoms with E-state index in [1.165, 1.54) is 18.2 Å². The van der Waals surface area contributed by atoms with E-state index < -0.39 is 32.5 Å². The van der Waals surface area contributed by atoms with Gasteiger partial charge in [0.25, 0.3) is 15.9 Å². The second-order valence-corrected chi connectivity index (χ2v) is 5.84. The summed E-state index contributed by atoms with van der Waals surface area (Å²) in [6.07, 6.45) is 0. The van der Waals surface area contributed by atoms with Gasteiger partial charge in [-0.15, -0.1) is 4.83 Å². The smallest absolute Gasteiger partial charge is 0.266 e. The number of aromatic hydroxyl groups is 1. The van der Waals surface area contributed by atoms with Crippen molar-refractivity contribution in [1.29, 1.82) is 0 Å². The van der Waals surface area contributed by atoms with Crippen molar-refractivity contribution in [2.45, 2.75) is 4.90 Å². The van der Waals surface area contributed by atoms with E-state index in [0.717, 1.165) is 18.2 Å². The topological polar surface area (TPSA) is 95.5 Å². The zero-order valence-electron chi connectivity index (χ0n) is 10.9. The number of halogens is 2. The van der Waals surface area contributed by atoms with Crippen molar-refractivity contribution in [3.8, 4) is 5.75 Å². The number of phenols is 1. The Balaban J connectivity index is 2.14. The summed E-state index contributed by atoms with van der Waals surface area (Å²) in [4.78, 5) is 12.6. The van der Waals surface area contributed by atoms with Gasteiger partial charge >= 0.3 is 0 Å². The highest BCUT2D eigenvalue weighted by molar-refractivity contribution is 7.89. The number of hydrogen-bond donors (Lipinski definition) is 3. The van der Waals surface area contributed by atoms with Gasteiger partial charge in [-0.05, 0) is 30.3 Å². The molecule has 0 saturated heterocycles. The number of carbonyl (C=O) groups excluding carboxylic acids is 1. The van der Waals surface area contributed by atoms with Crippen LogP contribution in [0.25, 0.3) is 0 Å². The standard InChI is InChI=1S/C13H10F2N2O4S/c14-9-4-5-12(11(15)7-9)22(20,21)17-16-13(19)8-2-1-3-10(18)6-8/h1-7,17-18H,(H,16,19). The number of amides is 1. The fourth-order valence-corrected chi connectivity index (χ4v) is 2.48. The number of phenolic OH excluding ortho intramolecular Hbond substituents is 1. The summed E-state index contributed by atoms with van der Waals surface area (Å²) in [5, 5.41) is 9.23. The van der Waals surface area contributed by atoms with Crippen molar-refractivity contribution >= 4 is 15.9 Å². The number of nitrogens with one attached hydrogen (secondary N) is 2. The molecule has 0 radical (unpaired) electrons. The maximum Gasteiger partial charge on any atom is 0.266 e. The van der Waals surface area contributed by atoms with Gasteiger partial charge in [-0.3, -0.25) is 10.2 Å². The molecular formula is C13H10F2N2O4S. The molecule has 0 spiro atoms. The van der Waals surface area contributed by atoms with E-state index in [0.29, 0.717) is 6.07 Å². The van der Waals surface area contributed by atoms with Gasteiger partial charge in [0, 0.05) is 11.6 Å². The molecule has 1 amide bonds. The third-order valence-electron chi connectivity index (χ3n) is 2.59. The Labute approximate surface area is 124 Å². The minimum absolute atomic E-state index is 0.0118. The van der Waals surface area contributed by atoms with Crippen LogP contribution in [0.1, 0.15) is 10.4 Å². The van der Waals surface area contributed by atoms with Gasteiger partial charge in [-0.25, -0.2) is 17.2 Å². The molecule has 0 aliphatic heterocycles. The van der Waals surface area contributed by atoms with Crippen molar-refractivity contribution < 1.29 is 27.1 Å². The van der Waals surface area contributed by atoms with E-state index in [1.54, 1.807) is 4.83 Å². The first kappa shape index (κ1) is 15.9. The molecule has 9 heteroatoms. The lowest BCUT2D eigenvalue weighted by molar-refractivity contribution is 0.0944. The van der Waals surface area contributed by atoms with E-state index in [4.69, 9.17) is 0 Å². The summed E-state index contributed by atoms with van der Waals surface area (Å²) in [7, 11) is -4.41. The Morgan fingerprint density at radius 1 is 1.09 bits per heavy atom. The van der Waals surface area contributed by atoms with Gasteiger partial charge in [-0.1, -0.05) is 6.07 Å². The number of benzene rings is 2. The Hall–Kier alpha value is -2.52. The Morgan fingerprint density at radius 3 is 2.45 bits per heavy atom. The van der Waals surface area contributed by atoms with Crippen LogP contribution in [0.15, 0.2) is 47.4 Å². The summed E-state index contributed by atoms with van der Waals surface area (Å²) in [5.41, 5.74) is 1.85. The first-order valence-corrected chi connectivity index (χ1v) is 7.34. The number of rotatable bonds is 4. The molecule has 22 heavy (non-hydrogen) atoms. The number of hydrogen-bond acceptors (Lipinski definition) is 4. The van der Waals surface area contributed by atoms with E-state index in [9.17, 15) is 27.1 Å². The minimum Gasteiger partial charge on any atom is -0.508 e. The zero-order chi connectivity index (χ0) is 16.3. The van der Waals surface area contributed by atoms with Crippen LogP contribution in [0, 0.1) is 11.6 Å². The maximum absolute atomic E-state index is 13.4. The molecule has 0 aliphatic carbocycles. The van der Waals surface area contributed by atoms with Crippen molar-refractivity contribution in [3.05, 3.63) is 59.7 Å². The highest BCUT2D eigenvalue weighted by Crippen LogP contribution is 2.15. The van der Waals surface area contributed by atoms with Crippen molar-refractivity contribution in [2.75, 3.05) is 0 Å². The first-order valence-electron chi connectivity index (χ1n) is 5.86. The molecule has 0 aliphatic rings. The maximum atomic E-state index is 13.4. The van der Waals surface area contributed by atoms with Crippen molar-refractivity contribution in [1.82, 2.24) is 10.3 Å². The number of sulfonamides is 1. The highest BCUT2D eigenvalue weighted by atomic mass is 32.2. The molecule has 2 aromatic carbocycles. The summed E-state index contributed by atoms with van der Waals surface area (Å²) in [6, 6.07) is 7.07. The molecular weight excluding hydrogens is 318 g/mol. The lowest BCUT2D eigenvalue weighted by Gasteiger charge is -2.09. The van der Waals surface area contributed by atoms with Crippen LogP contribution in [0.5, 0.6) is 5.75 Å². The van der Waals surface area contributed by atoms with Gasteiger partial charge < -0.3 is 5.11 Å². The predicted molar refractivity (Wildman–Crippen MR) is 72.3 cm³/mol. The van der Waals surface area contributed by atoms with Crippen LogP contribution in [0.2, 0.25) is 0 Å². The van der Waals surface area contributed by atoms with E-state index in [-0.39, 0.29) is 11.3 Å². The molecule has 3 N–H and O–H groups in total. The molecule has 0 bridgehead atoms. The molecule has 0 fully saturated rings. The Bertz CT molecular complexity index is 825. The van der Waals surface area contributed by atoms with Gasteiger partial charge in [0.2, 0.25) is 0 Å². The molecule has 0 aromatic heterocycles. The van der Waals surface area contributed by atoms with Crippen molar-refractivity contribution in [2.24, 2.45) is 0 Å². The lowest BCUT2D eigenvalue weighted by atomic mass is 10.2. The summed E-state index contributed by atoms with van der Waals surface area (Å²) in [6.45, 7) is 0. The molecule has 0 saturated carbocycles. The Kier molecular flexibility index (Phi) is 4.38. The largest absolute Gasteiger partial charge is 0.508 e. The fourth-order valence-electron chi connectivity index (χ4n) is 1.58. The average Bonchev–Trinajstić information content (AvgIpc) is 2.44. The first-order chi connectivity index (χ1) is 10.3. The van der Waals surface area contributed by atoms with Crippen LogP contribution in [-0.2, 0) is 10.0 Å². The fraction of sp³-hybridized carbons (Fsp3) is 0. The quantitative estimate of drug-likeness (QED) is 0.737. The molecule has 0 heterocycles. The van der Waals surface area contributed by atoms with E-state index in [1.807, 2.05) is 5.43 Å². The van der Waals surface area contributed by atoms with Gasteiger partial charge in [-0.2, -0.15) is 0 Å². The lowest BCUT2D eigenvalue weighted by Crippen LogP contribution is -2.41.